The van der Waals surface area contributed by atoms with Crippen molar-refractivity contribution in [1.29, 1.82) is 0 Å². The summed E-state index contributed by atoms with van der Waals surface area (Å²) in [7, 11) is 0. The van der Waals surface area contributed by atoms with E-state index in [1.54, 1.807) is 12.1 Å². The number of rotatable bonds is 5. The normalized spacial score (nSPS) is 12.2. The average Bonchev–Trinajstić information content (AvgIpc) is 2.22. The van der Waals surface area contributed by atoms with E-state index in [-0.39, 0.29) is 11.2 Å². The first-order chi connectivity index (χ1) is 7.83. The second kappa shape index (κ2) is 5.83. The molecule has 3 heteroatoms. The largest absolute Gasteiger partial charge is 0.312 e. The minimum Gasteiger partial charge on any atom is -0.312 e. The Morgan fingerprint density at radius 1 is 1.35 bits per heavy atom. The number of nitrogens with one attached hydrogen (secondary N) is 1. The lowest BCUT2D eigenvalue weighted by atomic mass is 9.81. The highest BCUT2D eigenvalue weighted by Crippen LogP contribution is 2.25. The first kappa shape index (κ1) is 14.5. The van der Waals surface area contributed by atoms with Crippen LogP contribution >= 0.6 is 11.6 Å². The molecule has 1 nitrogen and oxygen atoms in total. The van der Waals surface area contributed by atoms with Gasteiger partial charge in [0.25, 0.3) is 0 Å². The standard InChI is InChI=1S/C14H21ClFN/c1-10(2)14(3,4)9-17-8-11-7-12(15)5-6-13(11)16/h5-7,10,17H,8-9H2,1-4H3. The van der Waals surface area contributed by atoms with Crippen LogP contribution in [-0.4, -0.2) is 6.54 Å². The van der Waals surface area contributed by atoms with Gasteiger partial charge in [0.05, 0.1) is 0 Å². The van der Waals surface area contributed by atoms with Gasteiger partial charge in [0, 0.05) is 23.7 Å². The Bertz CT molecular complexity index is 374. The molecule has 0 fully saturated rings. The van der Waals surface area contributed by atoms with Gasteiger partial charge in [-0.3, -0.25) is 0 Å². The highest BCUT2D eigenvalue weighted by Gasteiger charge is 2.21. The van der Waals surface area contributed by atoms with Crippen molar-refractivity contribution in [2.24, 2.45) is 11.3 Å². The van der Waals surface area contributed by atoms with Gasteiger partial charge < -0.3 is 5.32 Å². The second-order valence-corrected chi connectivity index (χ2v) is 5.92. The molecule has 0 bridgehead atoms. The number of hydrogen-bond acceptors (Lipinski definition) is 1. The Labute approximate surface area is 108 Å². The smallest absolute Gasteiger partial charge is 0.127 e. The molecule has 0 saturated carbocycles. The Kier molecular flexibility index (Phi) is 4.96. The summed E-state index contributed by atoms with van der Waals surface area (Å²) in [6.45, 7) is 10.2. The number of halogens is 2. The molecule has 0 aliphatic carbocycles. The second-order valence-electron chi connectivity index (χ2n) is 5.48. The zero-order valence-electron chi connectivity index (χ0n) is 11.0. The highest BCUT2D eigenvalue weighted by molar-refractivity contribution is 6.30. The van der Waals surface area contributed by atoms with Crippen LogP contribution in [0.2, 0.25) is 5.02 Å². The Balaban J connectivity index is 2.54. The third kappa shape index (κ3) is 4.29. The van der Waals surface area contributed by atoms with Crippen molar-refractivity contribution in [2.45, 2.75) is 34.2 Å². The summed E-state index contributed by atoms with van der Waals surface area (Å²) in [5.41, 5.74) is 0.826. The summed E-state index contributed by atoms with van der Waals surface area (Å²) in [5.74, 6) is 0.378. The molecular formula is C14H21ClFN. The molecule has 0 spiro atoms. The van der Waals surface area contributed by atoms with E-state index in [2.05, 4.69) is 33.0 Å². The summed E-state index contributed by atoms with van der Waals surface area (Å²) < 4.78 is 13.4. The van der Waals surface area contributed by atoms with Crippen molar-refractivity contribution in [3.05, 3.63) is 34.6 Å². The van der Waals surface area contributed by atoms with Crippen molar-refractivity contribution in [2.75, 3.05) is 6.54 Å². The predicted octanol–water partition coefficient (Wildman–Crippen LogP) is 4.25. The van der Waals surface area contributed by atoms with Gasteiger partial charge in [-0.15, -0.1) is 0 Å². The summed E-state index contributed by atoms with van der Waals surface area (Å²) in [6.07, 6.45) is 0. The predicted molar refractivity (Wildman–Crippen MR) is 71.7 cm³/mol. The minimum atomic E-state index is -0.204. The zero-order valence-corrected chi connectivity index (χ0v) is 11.7. The van der Waals surface area contributed by atoms with Gasteiger partial charge in [-0.25, -0.2) is 4.39 Å². The summed E-state index contributed by atoms with van der Waals surface area (Å²) in [4.78, 5) is 0. The lowest BCUT2D eigenvalue weighted by molar-refractivity contribution is 0.237. The molecule has 1 rings (SSSR count). The van der Waals surface area contributed by atoms with Crippen LogP contribution in [0.3, 0.4) is 0 Å². The van der Waals surface area contributed by atoms with Crippen LogP contribution in [0.15, 0.2) is 18.2 Å². The summed E-state index contributed by atoms with van der Waals surface area (Å²) in [5, 5.41) is 3.87. The molecule has 0 aromatic heterocycles. The topological polar surface area (TPSA) is 12.0 Å². The SMILES string of the molecule is CC(C)C(C)(C)CNCc1cc(Cl)ccc1F. The van der Waals surface area contributed by atoms with Gasteiger partial charge in [-0.1, -0.05) is 39.3 Å². The van der Waals surface area contributed by atoms with E-state index >= 15 is 0 Å². The maximum Gasteiger partial charge on any atom is 0.127 e. The van der Waals surface area contributed by atoms with Crippen molar-refractivity contribution in [1.82, 2.24) is 5.32 Å². The molecule has 0 radical (unpaired) electrons. The zero-order chi connectivity index (χ0) is 13.1. The third-order valence-corrected chi connectivity index (χ3v) is 3.70. The molecule has 0 heterocycles. The summed E-state index contributed by atoms with van der Waals surface area (Å²) in [6, 6.07) is 4.65. The van der Waals surface area contributed by atoms with Crippen molar-refractivity contribution >= 4 is 11.6 Å². The van der Waals surface area contributed by atoms with Crippen LogP contribution in [0.5, 0.6) is 0 Å². The van der Waals surface area contributed by atoms with Crippen LogP contribution in [0, 0.1) is 17.2 Å². The van der Waals surface area contributed by atoms with E-state index in [9.17, 15) is 4.39 Å². The molecule has 0 saturated heterocycles. The van der Waals surface area contributed by atoms with E-state index in [1.165, 1.54) is 6.07 Å². The van der Waals surface area contributed by atoms with E-state index < -0.39 is 0 Å². The van der Waals surface area contributed by atoms with Crippen molar-refractivity contribution < 1.29 is 4.39 Å². The van der Waals surface area contributed by atoms with Crippen molar-refractivity contribution in [3.8, 4) is 0 Å². The van der Waals surface area contributed by atoms with E-state index in [0.717, 1.165) is 6.54 Å². The van der Waals surface area contributed by atoms with Gasteiger partial charge in [0.2, 0.25) is 0 Å². The van der Waals surface area contributed by atoms with Crippen LogP contribution in [-0.2, 0) is 6.54 Å². The molecule has 17 heavy (non-hydrogen) atoms. The van der Waals surface area contributed by atoms with Gasteiger partial charge >= 0.3 is 0 Å². The van der Waals surface area contributed by atoms with Gasteiger partial charge in [-0.05, 0) is 29.5 Å². The lowest BCUT2D eigenvalue weighted by Gasteiger charge is -2.29. The maximum absolute atomic E-state index is 13.4. The van der Waals surface area contributed by atoms with Crippen LogP contribution in [0.1, 0.15) is 33.3 Å². The van der Waals surface area contributed by atoms with Gasteiger partial charge in [-0.2, -0.15) is 0 Å². The fraction of sp³-hybridized carbons (Fsp3) is 0.571. The van der Waals surface area contributed by atoms with E-state index in [4.69, 9.17) is 11.6 Å². The number of hydrogen-bond donors (Lipinski definition) is 1. The first-order valence-corrected chi connectivity index (χ1v) is 6.35. The molecule has 0 amide bonds. The molecule has 0 aliphatic rings. The molecule has 1 N–H and O–H groups in total. The quantitative estimate of drug-likeness (QED) is 0.832. The molecule has 1 aromatic carbocycles. The Morgan fingerprint density at radius 3 is 2.59 bits per heavy atom. The van der Waals surface area contributed by atoms with Gasteiger partial charge in [0.1, 0.15) is 5.82 Å². The van der Waals surface area contributed by atoms with Crippen LogP contribution < -0.4 is 5.32 Å². The molecule has 96 valence electrons. The molecule has 0 atom stereocenters. The molecular weight excluding hydrogens is 237 g/mol. The van der Waals surface area contributed by atoms with Crippen LogP contribution in [0.25, 0.3) is 0 Å². The first-order valence-electron chi connectivity index (χ1n) is 5.97. The fourth-order valence-electron chi connectivity index (χ4n) is 1.40. The fourth-order valence-corrected chi connectivity index (χ4v) is 1.60. The van der Waals surface area contributed by atoms with Gasteiger partial charge in [0.15, 0.2) is 0 Å². The number of benzene rings is 1. The molecule has 0 aliphatic heterocycles. The monoisotopic (exact) mass is 257 g/mol. The van der Waals surface area contributed by atoms with Crippen LogP contribution in [0.4, 0.5) is 4.39 Å². The molecule has 1 aromatic rings. The lowest BCUT2D eigenvalue weighted by Crippen LogP contribution is -2.33. The minimum absolute atomic E-state index is 0.203. The van der Waals surface area contributed by atoms with Crippen molar-refractivity contribution in [3.63, 3.8) is 0 Å². The Morgan fingerprint density at radius 2 is 2.00 bits per heavy atom. The third-order valence-electron chi connectivity index (χ3n) is 3.47. The summed E-state index contributed by atoms with van der Waals surface area (Å²) >= 11 is 5.84. The Hall–Kier alpha value is -0.600. The van der Waals surface area contributed by atoms with E-state index in [0.29, 0.717) is 23.0 Å². The highest BCUT2D eigenvalue weighted by atomic mass is 35.5. The molecule has 0 unspecified atom stereocenters. The maximum atomic E-state index is 13.4. The average molecular weight is 258 g/mol. The van der Waals surface area contributed by atoms with E-state index in [1.807, 2.05) is 0 Å².